The summed E-state index contributed by atoms with van der Waals surface area (Å²) < 4.78 is 0. The number of nitrogens with zero attached hydrogens (tertiary/aromatic N) is 2. The Morgan fingerprint density at radius 1 is 1.25 bits per heavy atom. The number of aromatic nitrogens is 2. The molecule has 1 unspecified atom stereocenters. The molecule has 0 spiro atoms. The number of aliphatic hydroxyl groups is 2. The predicted octanol–water partition coefficient (Wildman–Crippen LogP) is -0.0262. The fourth-order valence-electron chi connectivity index (χ4n) is 1.60. The number of primary amides is 1. The van der Waals surface area contributed by atoms with Crippen molar-refractivity contribution in [1.82, 2.24) is 9.97 Å². The van der Waals surface area contributed by atoms with E-state index in [1.54, 1.807) is 12.1 Å². The summed E-state index contributed by atoms with van der Waals surface area (Å²) in [6.45, 7) is -0.537. The number of hydrogen-bond acceptors (Lipinski definition) is 6. The van der Waals surface area contributed by atoms with Gasteiger partial charge in [-0.05, 0) is 30.3 Å². The van der Waals surface area contributed by atoms with Gasteiger partial charge in [-0.1, -0.05) is 0 Å². The second kappa shape index (κ2) is 5.64. The van der Waals surface area contributed by atoms with Crippen LogP contribution in [0.25, 0.3) is 11.4 Å². The van der Waals surface area contributed by atoms with E-state index in [2.05, 4.69) is 9.97 Å². The first kappa shape index (κ1) is 13.9. The molecule has 0 saturated heterocycles. The highest BCUT2D eigenvalue weighted by atomic mass is 16.3. The van der Waals surface area contributed by atoms with Gasteiger partial charge in [0.15, 0.2) is 5.82 Å². The minimum atomic E-state index is -1.23. The molecule has 1 aromatic carbocycles. The van der Waals surface area contributed by atoms with Crippen molar-refractivity contribution in [3.63, 3.8) is 0 Å². The van der Waals surface area contributed by atoms with Crippen LogP contribution < -0.4 is 5.73 Å². The van der Waals surface area contributed by atoms with Gasteiger partial charge in [0.1, 0.15) is 17.5 Å². The highest BCUT2D eigenvalue weighted by Gasteiger charge is 2.15. The van der Waals surface area contributed by atoms with Gasteiger partial charge in [-0.25, -0.2) is 9.97 Å². The molecule has 7 nitrogen and oxygen atoms in total. The molecule has 2 rings (SSSR count). The summed E-state index contributed by atoms with van der Waals surface area (Å²) in [5, 5.41) is 27.8. The van der Waals surface area contributed by atoms with Crippen LogP contribution >= 0.6 is 0 Å². The van der Waals surface area contributed by atoms with Crippen molar-refractivity contribution in [3.05, 3.63) is 41.7 Å². The minimum Gasteiger partial charge on any atom is -0.508 e. The SMILES string of the molecule is NC(=O)c1cc(C(O)CO)nc(-c2ccc(O)cc2)n1. The maximum atomic E-state index is 11.2. The lowest BCUT2D eigenvalue weighted by atomic mass is 10.1. The lowest BCUT2D eigenvalue weighted by Gasteiger charge is -2.10. The van der Waals surface area contributed by atoms with Crippen LogP contribution in [0.1, 0.15) is 22.3 Å². The lowest BCUT2D eigenvalue weighted by molar-refractivity contribution is 0.0916. The zero-order chi connectivity index (χ0) is 14.7. The third kappa shape index (κ3) is 2.90. The third-order valence-corrected chi connectivity index (χ3v) is 2.64. The predicted molar refractivity (Wildman–Crippen MR) is 69.7 cm³/mol. The van der Waals surface area contributed by atoms with Crippen LogP contribution in [0.3, 0.4) is 0 Å². The van der Waals surface area contributed by atoms with Crippen LogP contribution in [0.15, 0.2) is 30.3 Å². The largest absolute Gasteiger partial charge is 0.508 e. The summed E-state index contributed by atoms with van der Waals surface area (Å²) in [5.41, 5.74) is 5.75. The number of carbonyl (C=O) groups is 1. The Labute approximate surface area is 114 Å². The van der Waals surface area contributed by atoms with Gasteiger partial charge in [-0.3, -0.25) is 4.79 Å². The Morgan fingerprint density at radius 3 is 2.45 bits per heavy atom. The van der Waals surface area contributed by atoms with E-state index in [0.29, 0.717) is 5.56 Å². The van der Waals surface area contributed by atoms with E-state index in [1.807, 2.05) is 0 Å². The van der Waals surface area contributed by atoms with Gasteiger partial charge in [-0.15, -0.1) is 0 Å². The number of aromatic hydroxyl groups is 1. The number of amides is 1. The van der Waals surface area contributed by atoms with Crippen LogP contribution in [-0.4, -0.2) is 37.8 Å². The molecule has 1 heterocycles. The van der Waals surface area contributed by atoms with Crippen LogP contribution in [0, 0.1) is 0 Å². The number of carbonyl (C=O) groups excluding carboxylic acids is 1. The number of phenols is 1. The summed E-state index contributed by atoms with van der Waals surface area (Å²) in [6, 6.07) is 7.23. The number of hydrogen-bond donors (Lipinski definition) is 4. The van der Waals surface area contributed by atoms with E-state index < -0.39 is 18.6 Å². The van der Waals surface area contributed by atoms with Crippen molar-refractivity contribution < 1.29 is 20.1 Å². The molecule has 0 radical (unpaired) electrons. The third-order valence-electron chi connectivity index (χ3n) is 2.64. The number of phenolic OH excluding ortho intramolecular Hbond substituents is 1. The number of benzene rings is 1. The van der Waals surface area contributed by atoms with E-state index in [-0.39, 0.29) is 23.0 Å². The zero-order valence-electron chi connectivity index (χ0n) is 10.4. The number of aliphatic hydroxyl groups excluding tert-OH is 2. The van der Waals surface area contributed by atoms with Gasteiger partial charge in [0.05, 0.1) is 12.3 Å². The molecular weight excluding hydrogens is 262 g/mol. The quantitative estimate of drug-likeness (QED) is 0.620. The average molecular weight is 275 g/mol. The molecule has 1 amide bonds. The second-order valence-electron chi connectivity index (χ2n) is 4.11. The van der Waals surface area contributed by atoms with Gasteiger partial charge in [-0.2, -0.15) is 0 Å². The van der Waals surface area contributed by atoms with Gasteiger partial charge in [0, 0.05) is 5.56 Å². The Hall–Kier alpha value is -2.51. The summed E-state index contributed by atoms with van der Waals surface area (Å²) in [5.74, 6) is -0.516. The fraction of sp³-hybridized carbons (Fsp3) is 0.154. The molecule has 2 aromatic rings. The fourth-order valence-corrected chi connectivity index (χ4v) is 1.60. The van der Waals surface area contributed by atoms with Crippen LogP contribution in [-0.2, 0) is 0 Å². The zero-order valence-corrected chi connectivity index (χ0v) is 10.4. The molecule has 104 valence electrons. The molecule has 1 atom stereocenters. The van der Waals surface area contributed by atoms with Gasteiger partial charge < -0.3 is 21.1 Å². The number of rotatable bonds is 4. The van der Waals surface area contributed by atoms with Gasteiger partial charge in [0.2, 0.25) is 0 Å². The molecule has 5 N–H and O–H groups in total. The maximum absolute atomic E-state index is 11.2. The summed E-state index contributed by atoms with van der Waals surface area (Å²) in [6.07, 6.45) is -1.23. The molecule has 7 heteroatoms. The average Bonchev–Trinajstić information content (AvgIpc) is 2.46. The van der Waals surface area contributed by atoms with E-state index >= 15 is 0 Å². The number of nitrogens with two attached hydrogens (primary N) is 1. The Balaban J connectivity index is 2.54. The molecule has 0 bridgehead atoms. The molecule has 0 saturated carbocycles. The van der Waals surface area contributed by atoms with Crippen molar-refractivity contribution in [2.24, 2.45) is 5.73 Å². The van der Waals surface area contributed by atoms with E-state index in [9.17, 15) is 15.0 Å². The first-order chi connectivity index (χ1) is 9.51. The normalized spacial score (nSPS) is 12.1. The smallest absolute Gasteiger partial charge is 0.267 e. The second-order valence-corrected chi connectivity index (χ2v) is 4.11. The van der Waals surface area contributed by atoms with Crippen molar-refractivity contribution in [2.75, 3.05) is 6.61 Å². The van der Waals surface area contributed by atoms with E-state index in [1.165, 1.54) is 18.2 Å². The van der Waals surface area contributed by atoms with Crippen molar-refractivity contribution >= 4 is 5.91 Å². The van der Waals surface area contributed by atoms with Crippen molar-refractivity contribution in [1.29, 1.82) is 0 Å². The van der Waals surface area contributed by atoms with Gasteiger partial charge in [0.25, 0.3) is 5.91 Å². The molecule has 0 fully saturated rings. The topological polar surface area (TPSA) is 130 Å². The van der Waals surface area contributed by atoms with Crippen LogP contribution in [0.5, 0.6) is 5.75 Å². The molecular formula is C13H13N3O4. The van der Waals surface area contributed by atoms with Crippen molar-refractivity contribution in [3.8, 4) is 17.1 Å². The molecule has 0 aliphatic heterocycles. The van der Waals surface area contributed by atoms with Crippen LogP contribution in [0.4, 0.5) is 0 Å². The maximum Gasteiger partial charge on any atom is 0.267 e. The minimum absolute atomic E-state index is 0.0643. The summed E-state index contributed by atoms with van der Waals surface area (Å²) >= 11 is 0. The summed E-state index contributed by atoms with van der Waals surface area (Å²) in [4.78, 5) is 19.3. The monoisotopic (exact) mass is 275 g/mol. The summed E-state index contributed by atoms with van der Waals surface area (Å²) in [7, 11) is 0. The molecule has 20 heavy (non-hydrogen) atoms. The molecule has 0 aliphatic carbocycles. The first-order valence-corrected chi connectivity index (χ1v) is 5.78. The molecule has 0 aliphatic rings. The van der Waals surface area contributed by atoms with Crippen LogP contribution in [0.2, 0.25) is 0 Å². The highest BCUT2D eigenvalue weighted by molar-refractivity contribution is 5.91. The Morgan fingerprint density at radius 2 is 1.90 bits per heavy atom. The lowest BCUT2D eigenvalue weighted by Crippen LogP contribution is -2.16. The standard InChI is InChI=1S/C13H13N3O4/c14-12(20)10-5-9(11(19)6-17)15-13(16-10)7-1-3-8(18)4-2-7/h1-5,11,17-19H,6H2,(H2,14,20). The first-order valence-electron chi connectivity index (χ1n) is 5.78. The van der Waals surface area contributed by atoms with E-state index in [4.69, 9.17) is 10.8 Å². The highest BCUT2D eigenvalue weighted by Crippen LogP contribution is 2.21. The Bertz CT molecular complexity index is 628. The molecule has 1 aromatic heterocycles. The van der Waals surface area contributed by atoms with Gasteiger partial charge >= 0.3 is 0 Å². The van der Waals surface area contributed by atoms with E-state index in [0.717, 1.165) is 0 Å². The Kier molecular flexibility index (Phi) is 3.92. The van der Waals surface area contributed by atoms with Crippen molar-refractivity contribution in [2.45, 2.75) is 6.10 Å².